The number of esters is 1. The van der Waals surface area contributed by atoms with Gasteiger partial charge in [-0.1, -0.05) is 49.0 Å². The number of rotatable bonds is 5. The van der Waals surface area contributed by atoms with Gasteiger partial charge in [0, 0.05) is 5.57 Å². The van der Waals surface area contributed by atoms with Crippen LogP contribution in [0.5, 0.6) is 5.75 Å². The van der Waals surface area contributed by atoms with E-state index in [0.717, 1.165) is 11.1 Å². The molecule has 0 aliphatic carbocycles. The Morgan fingerprint density at radius 3 is 2.45 bits per heavy atom. The fourth-order valence-corrected chi connectivity index (χ4v) is 1.67. The minimum Gasteiger partial charge on any atom is -0.457 e. The zero-order valence-corrected chi connectivity index (χ0v) is 11.3. The SMILES string of the molecule is C=C(C)C(=O)OCOc1cccc(-c2ccccc2)c1. The van der Waals surface area contributed by atoms with Gasteiger partial charge >= 0.3 is 5.97 Å². The molecule has 0 saturated carbocycles. The summed E-state index contributed by atoms with van der Waals surface area (Å²) in [5.41, 5.74) is 2.51. The quantitative estimate of drug-likeness (QED) is 0.470. The summed E-state index contributed by atoms with van der Waals surface area (Å²) in [5, 5.41) is 0. The molecular weight excluding hydrogens is 252 g/mol. The average molecular weight is 268 g/mol. The lowest BCUT2D eigenvalue weighted by Crippen LogP contribution is -2.10. The molecule has 20 heavy (non-hydrogen) atoms. The Bertz CT molecular complexity index is 603. The lowest BCUT2D eigenvalue weighted by molar-refractivity contribution is -0.145. The first-order valence-electron chi connectivity index (χ1n) is 6.28. The van der Waals surface area contributed by atoms with Crippen molar-refractivity contribution in [1.82, 2.24) is 0 Å². The Kier molecular flexibility index (Phi) is 4.56. The number of hydrogen-bond acceptors (Lipinski definition) is 3. The van der Waals surface area contributed by atoms with E-state index in [4.69, 9.17) is 9.47 Å². The third-order valence-corrected chi connectivity index (χ3v) is 2.71. The highest BCUT2D eigenvalue weighted by Gasteiger charge is 2.04. The van der Waals surface area contributed by atoms with Crippen LogP contribution in [0.15, 0.2) is 66.7 Å². The van der Waals surface area contributed by atoms with Gasteiger partial charge in [-0.15, -0.1) is 0 Å². The van der Waals surface area contributed by atoms with E-state index in [2.05, 4.69) is 6.58 Å². The predicted molar refractivity (Wildman–Crippen MR) is 78.3 cm³/mol. The smallest absolute Gasteiger partial charge is 0.335 e. The molecule has 3 heteroatoms. The first kappa shape index (κ1) is 13.9. The first-order valence-corrected chi connectivity index (χ1v) is 6.28. The van der Waals surface area contributed by atoms with Gasteiger partial charge in [-0.05, 0) is 30.2 Å². The number of carbonyl (C=O) groups excluding carboxylic acids is 1. The summed E-state index contributed by atoms with van der Waals surface area (Å²) in [6.07, 6.45) is 0. The van der Waals surface area contributed by atoms with Gasteiger partial charge < -0.3 is 9.47 Å². The molecule has 0 saturated heterocycles. The van der Waals surface area contributed by atoms with Crippen molar-refractivity contribution in [3.05, 3.63) is 66.7 Å². The highest BCUT2D eigenvalue weighted by molar-refractivity contribution is 5.86. The summed E-state index contributed by atoms with van der Waals surface area (Å²) in [6, 6.07) is 17.6. The fourth-order valence-electron chi connectivity index (χ4n) is 1.67. The maximum absolute atomic E-state index is 11.2. The van der Waals surface area contributed by atoms with Gasteiger partial charge in [-0.2, -0.15) is 0 Å². The molecule has 0 atom stereocenters. The Hall–Kier alpha value is -2.55. The number of hydrogen-bond donors (Lipinski definition) is 0. The molecule has 0 amide bonds. The van der Waals surface area contributed by atoms with E-state index < -0.39 is 5.97 Å². The van der Waals surface area contributed by atoms with Crippen molar-refractivity contribution in [1.29, 1.82) is 0 Å². The molecule has 0 spiro atoms. The normalized spacial score (nSPS) is 9.85. The number of ether oxygens (including phenoxy) is 2. The van der Waals surface area contributed by atoms with Gasteiger partial charge in [-0.3, -0.25) is 0 Å². The van der Waals surface area contributed by atoms with E-state index in [1.165, 1.54) is 0 Å². The maximum atomic E-state index is 11.2. The summed E-state index contributed by atoms with van der Waals surface area (Å²) < 4.78 is 10.3. The molecule has 2 aromatic rings. The second kappa shape index (κ2) is 6.57. The van der Waals surface area contributed by atoms with Crippen molar-refractivity contribution < 1.29 is 14.3 Å². The van der Waals surface area contributed by atoms with Crippen LogP contribution in [-0.4, -0.2) is 12.8 Å². The fraction of sp³-hybridized carbons (Fsp3) is 0.118. The lowest BCUT2D eigenvalue weighted by Gasteiger charge is -2.09. The van der Waals surface area contributed by atoms with Crippen LogP contribution in [0.4, 0.5) is 0 Å². The molecular formula is C17H16O3. The third-order valence-electron chi connectivity index (χ3n) is 2.71. The summed E-state index contributed by atoms with van der Waals surface area (Å²) in [4.78, 5) is 11.2. The molecule has 0 aliphatic rings. The van der Waals surface area contributed by atoms with E-state index in [0.29, 0.717) is 11.3 Å². The molecule has 102 valence electrons. The van der Waals surface area contributed by atoms with Gasteiger partial charge in [0.2, 0.25) is 6.79 Å². The topological polar surface area (TPSA) is 35.5 Å². The molecule has 0 radical (unpaired) electrons. The van der Waals surface area contributed by atoms with Crippen LogP contribution < -0.4 is 4.74 Å². The lowest BCUT2D eigenvalue weighted by atomic mass is 10.1. The molecule has 2 aromatic carbocycles. The zero-order valence-electron chi connectivity index (χ0n) is 11.3. The Balaban J connectivity index is 2.00. The van der Waals surface area contributed by atoms with Gasteiger partial charge in [0.15, 0.2) is 0 Å². The molecule has 3 nitrogen and oxygen atoms in total. The highest BCUT2D eigenvalue weighted by atomic mass is 16.7. The highest BCUT2D eigenvalue weighted by Crippen LogP contribution is 2.23. The standard InChI is InChI=1S/C17H16O3/c1-13(2)17(18)20-12-19-16-10-6-9-15(11-16)14-7-4-3-5-8-14/h3-11H,1,12H2,2H3. The largest absolute Gasteiger partial charge is 0.457 e. The van der Waals surface area contributed by atoms with Crippen LogP contribution in [-0.2, 0) is 9.53 Å². The van der Waals surface area contributed by atoms with E-state index in [1.54, 1.807) is 6.92 Å². The molecule has 0 unspecified atom stereocenters. The van der Waals surface area contributed by atoms with Crippen molar-refractivity contribution in [3.63, 3.8) is 0 Å². The first-order chi connectivity index (χ1) is 9.66. The van der Waals surface area contributed by atoms with E-state index in [9.17, 15) is 4.79 Å². The number of carbonyl (C=O) groups is 1. The van der Waals surface area contributed by atoms with Crippen LogP contribution in [0, 0.1) is 0 Å². The molecule has 0 bridgehead atoms. The Morgan fingerprint density at radius 2 is 1.75 bits per heavy atom. The van der Waals surface area contributed by atoms with Gasteiger partial charge in [0.05, 0.1) is 0 Å². The summed E-state index contributed by atoms with van der Waals surface area (Å²) in [6.45, 7) is 4.98. The summed E-state index contributed by atoms with van der Waals surface area (Å²) in [5.74, 6) is 0.199. The van der Waals surface area contributed by atoms with Crippen LogP contribution in [0.2, 0.25) is 0 Å². The van der Waals surface area contributed by atoms with Crippen molar-refractivity contribution in [2.75, 3.05) is 6.79 Å². The van der Waals surface area contributed by atoms with Crippen LogP contribution in [0.25, 0.3) is 11.1 Å². The van der Waals surface area contributed by atoms with Crippen molar-refractivity contribution in [2.45, 2.75) is 6.92 Å². The summed E-state index contributed by atoms with van der Waals surface area (Å²) >= 11 is 0. The molecule has 0 heterocycles. The molecule has 0 aromatic heterocycles. The minimum absolute atomic E-state index is 0.121. The van der Waals surface area contributed by atoms with Crippen molar-refractivity contribution in [2.24, 2.45) is 0 Å². The monoisotopic (exact) mass is 268 g/mol. The van der Waals surface area contributed by atoms with Crippen LogP contribution in [0.1, 0.15) is 6.92 Å². The zero-order chi connectivity index (χ0) is 14.4. The molecule has 2 rings (SSSR count). The van der Waals surface area contributed by atoms with E-state index >= 15 is 0 Å². The van der Waals surface area contributed by atoms with Gasteiger partial charge in [-0.25, -0.2) is 4.79 Å². The van der Waals surface area contributed by atoms with Crippen molar-refractivity contribution >= 4 is 5.97 Å². The minimum atomic E-state index is -0.454. The van der Waals surface area contributed by atoms with Gasteiger partial charge in [0.1, 0.15) is 5.75 Å². The second-order valence-electron chi connectivity index (χ2n) is 4.37. The maximum Gasteiger partial charge on any atom is 0.335 e. The molecule has 0 aliphatic heterocycles. The van der Waals surface area contributed by atoms with E-state index in [-0.39, 0.29) is 6.79 Å². The third kappa shape index (κ3) is 3.72. The van der Waals surface area contributed by atoms with E-state index in [1.807, 2.05) is 54.6 Å². The number of benzene rings is 2. The molecule has 0 fully saturated rings. The van der Waals surface area contributed by atoms with Crippen LogP contribution >= 0.6 is 0 Å². The Labute approximate surface area is 118 Å². The average Bonchev–Trinajstić information content (AvgIpc) is 2.48. The van der Waals surface area contributed by atoms with Gasteiger partial charge in [0.25, 0.3) is 0 Å². The van der Waals surface area contributed by atoms with Crippen LogP contribution in [0.3, 0.4) is 0 Å². The van der Waals surface area contributed by atoms with Crippen molar-refractivity contribution in [3.8, 4) is 16.9 Å². The second-order valence-corrected chi connectivity index (χ2v) is 4.37. The summed E-state index contributed by atoms with van der Waals surface area (Å²) in [7, 11) is 0. The molecule has 0 N–H and O–H groups in total. The Morgan fingerprint density at radius 1 is 1.05 bits per heavy atom. The predicted octanol–water partition coefficient (Wildman–Crippen LogP) is 3.81.